The quantitative estimate of drug-likeness (QED) is 0.0521. The van der Waals surface area contributed by atoms with E-state index in [4.69, 9.17) is 19.9 Å². The number of ether oxygens (including phenoxy) is 3. The van der Waals surface area contributed by atoms with E-state index in [0.29, 0.717) is 6.42 Å². The second-order valence-electron chi connectivity index (χ2n) is 14.6. The van der Waals surface area contributed by atoms with Crippen LogP contribution < -0.4 is 5.73 Å². The van der Waals surface area contributed by atoms with Crippen molar-refractivity contribution in [2.24, 2.45) is 11.7 Å². The van der Waals surface area contributed by atoms with Crippen LogP contribution in [0.4, 0.5) is 0 Å². The molecule has 0 saturated carbocycles. The Balaban J connectivity index is 0.000000591. The van der Waals surface area contributed by atoms with E-state index in [1.54, 1.807) is 6.26 Å². The van der Waals surface area contributed by atoms with Gasteiger partial charge >= 0.3 is 0 Å². The highest BCUT2D eigenvalue weighted by Gasteiger charge is 2.44. The molecule has 11 heteroatoms. The average molecular weight is 724 g/mol. The first kappa shape index (κ1) is 46.8. The molecular formula is C38H77NO9S. The average Bonchev–Trinajstić information content (AvgIpc) is 3.07. The number of aliphatic hydroxyl groups excluding tert-OH is 5. The lowest BCUT2D eigenvalue weighted by molar-refractivity contribution is -0.302. The predicted octanol–water partition coefficient (Wildman–Crippen LogP) is 5.49. The van der Waals surface area contributed by atoms with Crippen molar-refractivity contribution >= 4 is 10.8 Å². The van der Waals surface area contributed by atoms with E-state index in [1.165, 1.54) is 122 Å². The van der Waals surface area contributed by atoms with Crippen molar-refractivity contribution in [1.29, 1.82) is 0 Å². The van der Waals surface area contributed by atoms with Gasteiger partial charge in [0, 0.05) is 28.7 Å². The zero-order valence-electron chi connectivity index (χ0n) is 31.3. The number of nitrogens with two attached hydrogens (primary N) is 1. The molecule has 0 amide bonds. The van der Waals surface area contributed by atoms with Gasteiger partial charge in [0.15, 0.2) is 6.29 Å². The van der Waals surface area contributed by atoms with Gasteiger partial charge in [-0.2, -0.15) is 0 Å². The molecule has 2 saturated heterocycles. The summed E-state index contributed by atoms with van der Waals surface area (Å²) < 4.78 is 26.7. The Morgan fingerprint density at radius 1 is 0.735 bits per heavy atom. The fourth-order valence-corrected chi connectivity index (χ4v) is 6.97. The first-order valence-corrected chi connectivity index (χ1v) is 21.7. The van der Waals surface area contributed by atoms with E-state index in [-0.39, 0.29) is 6.61 Å². The lowest BCUT2D eigenvalue weighted by Gasteiger charge is -2.40. The molecule has 0 spiro atoms. The molecule has 8 atom stereocenters. The molecule has 2 aliphatic heterocycles. The van der Waals surface area contributed by atoms with Crippen molar-refractivity contribution in [3.63, 3.8) is 0 Å². The number of aliphatic hydroxyl groups is 5. The van der Waals surface area contributed by atoms with Gasteiger partial charge in [0.2, 0.25) is 0 Å². The first-order valence-electron chi connectivity index (χ1n) is 19.9. The van der Waals surface area contributed by atoms with E-state index >= 15 is 0 Å². The molecule has 0 aromatic heterocycles. The molecule has 49 heavy (non-hydrogen) atoms. The van der Waals surface area contributed by atoms with Crippen LogP contribution in [0.5, 0.6) is 0 Å². The normalized spacial score (nSPS) is 24.5. The standard InChI is InChI=1S/C24H49NO7.C14H28O2S/c1-2-3-4-5-6-7-8-9-10-11-12-13-14-15-19(27)18(25)17-31-24-23(30)22(29)21(28)20(16-26)32-24;1-17(15)11-9-7-5-3-2-4-6-8-10-14-12-16-13-14/h18-24,26-30H,2-17,25H2,1H3;14H,2-13H2,1H3. The lowest BCUT2D eigenvalue weighted by Crippen LogP contribution is -2.59. The van der Waals surface area contributed by atoms with Crippen LogP contribution in [0.15, 0.2) is 0 Å². The van der Waals surface area contributed by atoms with Gasteiger partial charge in [0.1, 0.15) is 24.4 Å². The SMILES string of the molecule is CCCCCCCCCCCCCCCC(O)C(N)COC1OC(CO)C(O)C(O)C1O.CS(=O)CCCCCCCCCCC1COC1. The maximum absolute atomic E-state index is 10.8. The fraction of sp³-hybridized carbons (Fsp3) is 1.00. The van der Waals surface area contributed by atoms with Crippen LogP contribution in [0.2, 0.25) is 0 Å². The van der Waals surface area contributed by atoms with Crippen LogP contribution in [-0.2, 0) is 25.0 Å². The third kappa shape index (κ3) is 23.9. The summed E-state index contributed by atoms with van der Waals surface area (Å²) in [5.41, 5.74) is 5.98. The number of rotatable bonds is 30. The molecule has 2 fully saturated rings. The largest absolute Gasteiger partial charge is 0.394 e. The molecule has 2 heterocycles. The van der Waals surface area contributed by atoms with Crippen molar-refractivity contribution in [3.05, 3.63) is 0 Å². The van der Waals surface area contributed by atoms with Crippen LogP contribution in [0, 0.1) is 5.92 Å². The molecule has 0 bridgehead atoms. The second-order valence-corrected chi connectivity index (χ2v) is 16.1. The fourth-order valence-electron chi connectivity index (χ4n) is 6.36. The van der Waals surface area contributed by atoms with Crippen LogP contribution in [0.1, 0.15) is 155 Å². The highest BCUT2D eigenvalue weighted by molar-refractivity contribution is 7.84. The van der Waals surface area contributed by atoms with Gasteiger partial charge in [-0.3, -0.25) is 4.21 Å². The minimum atomic E-state index is -1.49. The van der Waals surface area contributed by atoms with Crippen LogP contribution in [0.25, 0.3) is 0 Å². The summed E-state index contributed by atoms with van der Waals surface area (Å²) in [6.45, 7) is 3.69. The van der Waals surface area contributed by atoms with Gasteiger partial charge < -0.3 is 45.5 Å². The maximum Gasteiger partial charge on any atom is 0.186 e. The molecular weight excluding hydrogens is 646 g/mol. The van der Waals surface area contributed by atoms with Crippen molar-refractivity contribution in [3.8, 4) is 0 Å². The van der Waals surface area contributed by atoms with Crippen LogP contribution in [0.3, 0.4) is 0 Å². The van der Waals surface area contributed by atoms with Crippen molar-refractivity contribution < 1.29 is 44.0 Å². The van der Waals surface area contributed by atoms with Crippen LogP contribution in [-0.4, -0.2) is 111 Å². The van der Waals surface area contributed by atoms with Crippen LogP contribution >= 0.6 is 0 Å². The highest BCUT2D eigenvalue weighted by atomic mass is 32.2. The van der Waals surface area contributed by atoms with Crippen molar-refractivity contribution in [2.45, 2.75) is 197 Å². The molecule has 0 aromatic carbocycles. The molecule has 7 N–H and O–H groups in total. The molecule has 0 aliphatic carbocycles. The van der Waals surface area contributed by atoms with Gasteiger partial charge in [-0.1, -0.05) is 135 Å². The minimum absolute atomic E-state index is 0.0672. The molecule has 294 valence electrons. The maximum atomic E-state index is 10.8. The molecule has 2 rings (SSSR count). The Morgan fingerprint density at radius 3 is 1.69 bits per heavy atom. The minimum Gasteiger partial charge on any atom is -0.394 e. The van der Waals surface area contributed by atoms with E-state index in [9.17, 15) is 29.7 Å². The lowest BCUT2D eigenvalue weighted by atomic mass is 9.99. The summed E-state index contributed by atoms with van der Waals surface area (Å²) in [4.78, 5) is 0. The topological polar surface area (TPSA) is 172 Å². The van der Waals surface area contributed by atoms with E-state index in [0.717, 1.165) is 44.1 Å². The first-order chi connectivity index (χ1) is 23.7. The predicted molar refractivity (Wildman–Crippen MR) is 199 cm³/mol. The molecule has 0 radical (unpaired) electrons. The summed E-state index contributed by atoms with van der Waals surface area (Å²) in [5, 5.41) is 49.0. The summed E-state index contributed by atoms with van der Waals surface area (Å²) in [6.07, 6.45) is 23.5. The van der Waals surface area contributed by atoms with Gasteiger partial charge in [-0.15, -0.1) is 0 Å². The molecule has 2 aliphatic rings. The molecule has 8 unspecified atom stereocenters. The Kier molecular flexibility index (Phi) is 29.9. The number of hydrogen-bond acceptors (Lipinski definition) is 10. The number of hydrogen-bond donors (Lipinski definition) is 6. The summed E-state index contributed by atoms with van der Waals surface area (Å²) in [7, 11) is -0.587. The van der Waals surface area contributed by atoms with Crippen molar-refractivity contribution in [2.75, 3.05) is 38.4 Å². The summed E-state index contributed by atoms with van der Waals surface area (Å²) >= 11 is 0. The Bertz CT molecular complexity index is 761. The zero-order chi connectivity index (χ0) is 36.1. The Morgan fingerprint density at radius 2 is 1.22 bits per heavy atom. The van der Waals surface area contributed by atoms with Crippen molar-refractivity contribution in [1.82, 2.24) is 0 Å². The Labute approximate surface area is 301 Å². The monoisotopic (exact) mass is 724 g/mol. The third-order valence-electron chi connectivity index (χ3n) is 9.90. The van der Waals surface area contributed by atoms with Gasteiger partial charge in [-0.25, -0.2) is 0 Å². The number of unbranched alkanes of at least 4 members (excludes halogenated alkanes) is 19. The highest BCUT2D eigenvalue weighted by Crippen LogP contribution is 2.23. The van der Waals surface area contributed by atoms with Gasteiger partial charge in [0.05, 0.1) is 38.6 Å². The van der Waals surface area contributed by atoms with E-state index in [1.807, 2.05) is 0 Å². The summed E-state index contributed by atoms with van der Waals surface area (Å²) in [6, 6.07) is -0.653. The Hall–Kier alpha value is -0.210. The smallest absolute Gasteiger partial charge is 0.186 e. The molecule has 0 aromatic rings. The van der Waals surface area contributed by atoms with E-state index < -0.39 is 60.3 Å². The zero-order valence-corrected chi connectivity index (χ0v) is 32.1. The molecule has 10 nitrogen and oxygen atoms in total. The van der Waals surface area contributed by atoms with E-state index in [2.05, 4.69) is 6.92 Å². The summed E-state index contributed by atoms with van der Waals surface area (Å²) in [5.74, 6) is 1.77. The third-order valence-corrected chi connectivity index (χ3v) is 10.8. The second kappa shape index (κ2) is 31.3. The van der Waals surface area contributed by atoms with Gasteiger partial charge in [0.25, 0.3) is 0 Å². The van der Waals surface area contributed by atoms with Gasteiger partial charge in [-0.05, 0) is 19.3 Å².